The van der Waals surface area contributed by atoms with Crippen molar-refractivity contribution in [1.29, 1.82) is 0 Å². The van der Waals surface area contributed by atoms with E-state index in [0.717, 1.165) is 11.3 Å². The lowest BCUT2D eigenvalue weighted by molar-refractivity contribution is 0.327. The van der Waals surface area contributed by atoms with Crippen molar-refractivity contribution in [2.45, 2.75) is 6.92 Å². The lowest BCUT2D eigenvalue weighted by atomic mass is 10.2. The third-order valence-corrected chi connectivity index (χ3v) is 1.84. The van der Waals surface area contributed by atoms with Crippen molar-refractivity contribution in [3.63, 3.8) is 0 Å². The van der Waals surface area contributed by atoms with Crippen LogP contribution in [0.25, 0.3) is 11.3 Å². The second-order valence-corrected chi connectivity index (χ2v) is 2.78. The molecule has 0 saturated heterocycles. The molecule has 1 heterocycles. The fourth-order valence-corrected chi connectivity index (χ4v) is 1.24. The molecule has 72 valence electrons. The lowest BCUT2D eigenvalue weighted by Gasteiger charge is -2.00. The highest BCUT2D eigenvalue weighted by molar-refractivity contribution is 5.63. The van der Waals surface area contributed by atoms with Crippen molar-refractivity contribution < 1.29 is 4.74 Å². The second kappa shape index (κ2) is 3.91. The van der Waals surface area contributed by atoms with E-state index in [-0.39, 0.29) is 0 Å². The predicted molar refractivity (Wildman–Crippen MR) is 53.0 cm³/mol. The molecule has 0 radical (unpaired) electrons. The SMILES string of the molecule is CCOc1n[nH]nc1-c1ccccc1. The summed E-state index contributed by atoms with van der Waals surface area (Å²) in [6, 6.07) is 9.82. The summed E-state index contributed by atoms with van der Waals surface area (Å²) in [6.45, 7) is 2.51. The molecule has 4 nitrogen and oxygen atoms in total. The quantitative estimate of drug-likeness (QED) is 0.801. The first-order valence-corrected chi connectivity index (χ1v) is 4.51. The fraction of sp³-hybridized carbons (Fsp3) is 0.200. The van der Waals surface area contributed by atoms with Gasteiger partial charge in [0.05, 0.1) is 6.61 Å². The Morgan fingerprint density at radius 2 is 2.00 bits per heavy atom. The molecule has 14 heavy (non-hydrogen) atoms. The van der Waals surface area contributed by atoms with Crippen LogP contribution < -0.4 is 4.74 Å². The third-order valence-electron chi connectivity index (χ3n) is 1.84. The highest BCUT2D eigenvalue weighted by Gasteiger charge is 2.09. The molecule has 0 bridgehead atoms. The number of aromatic nitrogens is 3. The molecule has 0 aliphatic heterocycles. The first-order chi connectivity index (χ1) is 6.92. The zero-order valence-electron chi connectivity index (χ0n) is 7.90. The van der Waals surface area contributed by atoms with Crippen molar-refractivity contribution in [3.05, 3.63) is 30.3 Å². The highest BCUT2D eigenvalue weighted by Crippen LogP contribution is 2.24. The predicted octanol–water partition coefficient (Wildman–Crippen LogP) is 1.87. The molecule has 1 aromatic heterocycles. The molecular formula is C10H11N3O. The normalized spacial score (nSPS) is 10.1. The first kappa shape index (κ1) is 8.74. The molecule has 1 N–H and O–H groups in total. The Kier molecular flexibility index (Phi) is 2.44. The van der Waals surface area contributed by atoms with E-state index in [2.05, 4.69) is 15.4 Å². The van der Waals surface area contributed by atoms with Gasteiger partial charge in [-0.3, -0.25) is 0 Å². The van der Waals surface area contributed by atoms with Gasteiger partial charge < -0.3 is 4.74 Å². The van der Waals surface area contributed by atoms with Crippen molar-refractivity contribution >= 4 is 0 Å². The molecular weight excluding hydrogens is 178 g/mol. The Bertz CT molecular complexity index is 397. The van der Waals surface area contributed by atoms with E-state index in [1.165, 1.54) is 0 Å². The highest BCUT2D eigenvalue weighted by atomic mass is 16.5. The van der Waals surface area contributed by atoms with E-state index in [0.29, 0.717) is 12.5 Å². The van der Waals surface area contributed by atoms with Crippen molar-refractivity contribution in [2.75, 3.05) is 6.61 Å². The molecule has 1 aromatic carbocycles. The van der Waals surface area contributed by atoms with Gasteiger partial charge in [0.2, 0.25) is 0 Å². The summed E-state index contributed by atoms with van der Waals surface area (Å²) in [4.78, 5) is 0. The van der Waals surface area contributed by atoms with Crippen LogP contribution in [-0.4, -0.2) is 22.0 Å². The van der Waals surface area contributed by atoms with Crippen LogP contribution in [-0.2, 0) is 0 Å². The largest absolute Gasteiger partial charge is 0.475 e. The Morgan fingerprint density at radius 3 is 2.71 bits per heavy atom. The van der Waals surface area contributed by atoms with Crippen LogP contribution in [0.2, 0.25) is 0 Å². The average molecular weight is 189 g/mol. The first-order valence-electron chi connectivity index (χ1n) is 4.51. The fourth-order valence-electron chi connectivity index (χ4n) is 1.24. The molecule has 0 aliphatic rings. The van der Waals surface area contributed by atoms with Gasteiger partial charge in [-0.1, -0.05) is 30.3 Å². The van der Waals surface area contributed by atoms with E-state index in [1.807, 2.05) is 37.3 Å². The average Bonchev–Trinajstić information content (AvgIpc) is 2.68. The van der Waals surface area contributed by atoms with Crippen LogP contribution in [0.5, 0.6) is 5.88 Å². The van der Waals surface area contributed by atoms with E-state index < -0.39 is 0 Å². The molecule has 0 atom stereocenters. The Balaban J connectivity index is 2.37. The lowest BCUT2D eigenvalue weighted by Crippen LogP contribution is -1.93. The van der Waals surface area contributed by atoms with Gasteiger partial charge >= 0.3 is 0 Å². The van der Waals surface area contributed by atoms with Gasteiger partial charge in [-0.15, -0.1) is 5.10 Å². The van der Waals surface area contributed by atoms with Gasteiger partial charge in [-0.2, -0.15) is 10.3 Å². The van der Waals surface area contributed by atoms with Crippen LogP contribution in [0.4, 0.5) is 0 Å². The molecule has 0 spiro atoms. The number of H-pyrrole nitrogens is 1. The molecule has 0 saturated carbocycles. The maximum absolute atomic E-state index is 5.33. The zero-order chi connectivity index (χ0) is 9.80. The van der Waals surface area contributed by atoms with Crippen molar-refractivity contribution in [2.24, 2.45) is 0 Å². The summed E-state index contributed by atoms with van der Waals surface area (Å²) < 4.78 is 5.33. The Labute approximate surface area is 81.9 Å². The molecule has 0 amide bonds. The number of ether oxygens (including phenoxy) is 1. The second-order valence-electron chi connectivity index (χ2n) is 2.78. The topological polar surface area (TPSA) is 50.8 Å². The summed E-state index contributed by atoms with van der Waals surface area (Å²) in [5, 5.41) is 10.5. The van der Waals surface area contributed by atoms with E-state index >= 15 is 0 Å². The molecule has 0 unspecified atom stereocenters. The van der Waals surface area contributed by atoms with Gasteiger partial charge in [0.1, 0.15) is 0 Å². The number of nitrogens with zero attached hydrogens (tertiary/aromatic N) is 2. The van der Waals surface area contributed by atoms with Crippen molar-refractivity contribution in [3.8, 4) is 17.1 Å². The van der Waals surface area contributed by atoms with Crippen LogP contribution in [0.15, 0.2) is 30.3 Å². The minimum atomic E-state index is 0.554. The maximum Gasteiger partial charge on any atom is 0.261 e. The van der Waals surface area contributed by atoms with Gasteiger partial charge in [0.25, 0.3) is 5.88 Å². The molecule has 0 fully saturated rings. The summed E-state index contributed by atoms with van der Waals surface area (Å²) in [7, 11) is 0. The standard InChI is InChI=1S/C10H11N3O/c1-2-14-10-9(11-13-12-10)8-6-4-3-5-7-8/h3-7H,2H2,1H3,(H,11,12,13). The summed E-state index contributed by atoms with van der Waals surface area (Å²) >= 11 is 0. The number of rotatable bonds is 3. The van der Waals surface area contributed by atoms with Crippen LogP contribution >= 0.6 is 0 Å². The zero-order valence-corrected chi connectivity index (χ0v) is 7.90. The van der Waals surface area contributed by atoms with Crippen LogP contribution in [0.3, 0.4) is 0 Å². The van der Waals surface area contributed by atoms with Crippen LogP contribution in [0.1, 0.15) is 6.92 Å². The Hall–Kier alpha value is -1.84. The molecule has 2 rings (SSSR count). The van der Waals surface area contributed by atoms with E-state index in [1.54, 1.807) is 0 Å². The van der Waals surface area contributed by atoms with Gasteiger partial charge in [-0.25, -0.2) is 0 Å². The van der Waals surface area contributed by atoms with E-state index in [9.17, 15) is 0 Å². The minimum absolute atomic E-state index is 0.554. The minimum Gasteiger partial charge on any atom is -0.475 e. The number of hydrogen-bond acceptors (Lipinski definition) is 3. The van der Waals surface area contributed by atoms with Crippen LogP contribution in [0, 0.1) is 0 Å². The maximum atomic E-state index is 5.33. The monoisotopic (exact) mass is 189 g/mol. The smallest absolute Gasteiger partial charge is 0.261 e. The number of nitrogens with one attached hydrogen (secondary N) is 1. The molecule has 0 aliphatic carbocycles. The molecule has 4 heteroatoms. The molecule has 2 aromatic rings. The van der Waals surface area contributed by atoms with Gasteiger partial charge in [-0.05, 0) is 6.92 Å². The number of aromatic amines is 1. The number of benzene rings is 1. The summed E-state index contributed by atoms with van der Waals surface area (Å²) in [5.74, 6) is 0.554. The summed E-state index contributed by atoms with van der Waals surface area (Å²) in [6.07, 6.45) is 0. The van der Waals surface area contributed by atoms with Gasteiger partial charge in [0.15, 0.2) is 5.69 Å². The summed E-state index contributed by atoms with van der Waals surface area (Å²) in [5.41, 5.74) is 1.76. The number of hydrogen-bond donors (Lipinski definition) is 1. The van der Waals surface area contributed by atoms with E-state index in [4.69, 9.17) is 4.74 Å². The van der Waals surface area contributed by atoms with Gasteiger partial charge in [0, 0.05) is 5.56 Å². The Morgan fingerprint density at radius 1 is 1.21 bits per heavy atom. The third kappa shape index (κ3) is 1.59. The van der Waals surface area contributed by atoms with Crippen molar-refractivity contribution in [1.82, 2.24) is 15.4 Å².